The summed E-state index contributed by atoms with van der Waals surface area (Å²) in [6, 6.07) is 5.06. The minimum Gasteiger partial charge on any atom is -0.332 e. The van der Waals surface area contributed by atoms with Gasteiger partial charge >= 0.3 is 0 Å². The van der Waals surface area contributed by atoms with Crippen LogP contribution in [0.4, 0.5) is 8.78 Å². The van der Waals surface area contributed by atoms with Crippen molar-refractivity contribution in [3.05, 3.63) is 65.1 Å². The summed E-state index contributed by atoms with van der Waals surface area (Å²) in [6.07, 6.45) is 2.96. The van der Waals surface area contributed by atoms with Gasteiger partial charge in [0, 0.05) is 23.5 Å². The lowest BCUT2D eigenvalue weighted by Gasteiger charge is -2.12. The van der Waals surface area contributed by atoms with Crippen molar-refractivity contribution in [2.24, 2.45) is 0 Å². The molecule has 0 fully saturated rings. The number of aromatic nitrogens is 3. The molecule has 3 rings (SSSR count). The van der Waals surface area contributed by atoms with Crippen LogP contribution in [0, 0.1) is 29.9 Å². The lowest BCUT2D eigenvalue weighted by Crippen LogP contribution is -2.28. The summed E-state index contributed by atoms with van der Waals surface area (Å²) in [4.78, 5) is 16.6. The van der Waals surface area contributed by atoms with E-state index < -0.39 is 23.6 Å². The Kier molecular flexibility index (Phi) is 3.92. The van der Waals surface area contributed by atoms with E-state index in [0.717, 1.165) is 12.1 Å². The SMILES string of the molecule is Cc1ccn2ncc(C(=O)N[C@H](C#N)c3ccc(F)cc3F)c2n1. The molecule has 0 unspecified atom stereocenters. The summed E-state index contributed by atoms with van der Waals surface area (Å²) in [5.74, 6) is -2.30. The third kappa shape index (κ3) is 2.79. The number of benzene rings is 1. The van der Waals surface area contributed by atoms with E-state index in [1.54, 1.807) is 25.3 Å². The minimum atomic E-state index is -1.27. The average molecular weight is 327 g/mol. The highest BCUT2D eigenvalue weighted by atomic mass is 19.1. The molecule has 1 atom stereocenters. The molecule has 3 aromatic rings. The summed E-state index contributed by atoms with van der Waals surface area (Å²) in [6.45, 7) is 1.76. The number of halogens is 2. The Hall–Kier alpha value is -3.34. The van der Waals surface area contributed by atoms with Crippen LogP contribution in [0.5, 0.6) is 0 Å². The molecule has 24 heavy (non-hydrogen) atoms. The molecule has 120 valence electrons. The van der Waals surface area contributed by atoms with Crippen LogP contribution in [0.25, 0.3) is 5.65 Å². The Morgan fingerprint density at radius 1 is 1.38 bits per heavy atom. The van der Waals surface area contributed by atoms with Gasteiger partial charge in [-0.25, -0.2) is 18.3 Å². The first-order valence-electron chi connectivity index (χ1n) is 6.96. The number of hydrogen-bond acceptors (Lipinski definition) is 4. The molecule has 0 bridgehead atoms. The Labute approximate surface area is 135 Å². The van der Waals surface area contributed by atoms with Crippen LogP contribution in [0.15, 0.2) is 36.7 Å². The monoisotopic (exact) mass is 327 g/mol. The van der Waals surface area contributed by atoms with Gasteiger partial charge in [0.25, 0.3) is 5.91 Å². The molecule has 1 amide bonds. The summed E-state index contributed by atoms with van der Waals surface area (Å²) in [7, 11) is 0. The molecule has 1 aromatic carbocycles. The normalized spacial score (nSPS) is 11.9. The molecule has 0 saturated heterocycles. The maximum Gasteiger partial charge on any atom is 0.258 e. The highest BCUT2D eigenvalue weighted by Gasteiger charge is 2.21. The second-order valence-electron chi connectivity index (χ2n) is 5.10. The molecular weight excluding hydrogens is 316 g/mol. The van der Waals surface area contributed by atoms with E-state index in [4.69, 9.17) is 0 Å². The predicted molar refractivity (Wildman–Crippen MR) is 79.9 cm³/mol. The topological polar surface area (TPSA) is 83.1 Å². The molecule has 1 N–H and O–H groups in total. The number of rotatable bonds is 3. The zero-order chi connectivity index (χ0) is 17.3. The van der Waals surface area contributed by atoms with Crippen LogP contribution >= 0.6 is 0 Å². The maximum atomic E-state index is 13.8. The fourth-order valence-electron chi connectivity index (χ4n) is 2.24. The van der Waals surface area contributed by atoms with Crippen molar-refractivity contribution in [3.8, 4) is 6.07 Å². The zero-order valence-electron chi connectivity index (χ0n) is 12.5. The number of aryl methyl sites for hydroxylation is 1. The van der Waals surface area contributed by atoms with E-state index in [1.165, 1.54) is 10.7 Å². The third-order valence-electron chi connectivity index (χ3n) is 3.43. The number of nitriles is 1. The lowest BCUT2D eigenvalue weighted by molar-refractivity contribution is 0.0946. The van der Waals surface area contributed by atoms with Crippen LogP contribution in [0.2, 0.25) is 0 Å². The zero-order valence-corrected chi connectivity index (χ0v) is 12.5. The third-order valence-corrected chi connectivity index (χ3v) is 3.43. The van der Waals surface area contributed by atoms with Gasteiger partial charge in [-0.1, -0.05) is 6.07 Å². The highest BCUT2D eigenvalue weighted by Crippen LogP contribution is 2.19. The van der Waals surface area contributed by atoms with Gasteiger partial charge in [0.2, 0.25) is 0 Å². The number of nitrogens with one attached hydrogen (secondary N) is 1. The number of carbonyl (C=O) groups is 1. The van der Waals surface area contributed by atoms with Gasteiger partial charge in [0.15, 0.2) is 5.65 Å². The Morgan fingerprint density at radius 2 is 2.17 bits per heavy atom. The van der Waals surface area contributed by atoms with Crippen LogP contribution in [0.3, 0.4) is 0 Å². The highest BCUT2D eigenvalue weighted by molar-refractivity contribution is 6.00. The molecule has 0 aliphatic carbocycles. The van der Waals surface area contributed by atoms with E-state index in [1.807, 2.05) is 0 Å². The summed E-state index contributed by atoms with van der Waals surface area (Å²) >= 11 is 0. The fourth-order valence-corrected chi connectivity index (χ4v) is 2.24. The predicted octanol–water partition coefficient (Wildman–Crippen LogP) is 2.31. The number of nitrogens with zero attached hydrogens (tertiary/aromatic N) is 4. The van der Waals surface area contributed by atoms with Gasteiger partial charge in [0.1, 0.15) is 23.2 Å². The van der Waals surface area contributed by atoms with Crippen molar-refractivity contribution in [2.75, 3.05) is 0 Å². The average Bonchev–Trinajstić information content (AvgIpc) is 2.96. The standard InChI is InChI=1S/C16H11F2N5O/c1-9-4-5-23-15(21-9)12(8-20-23)16(24)22-14(7-19)11-3-2-10(17)6-13(11)18/h2-6,8,14H,1H3,(H,22,24)/t14-/m1/s1. The largest absolute Gasteiger partial charge is 0.332 e. The van der Waals surface area contributed by atoms with E-state index in [9.17, 15) is 18.8 Å². The van der Waals surface area contributed by atoms with Gasteiger partial charge in [-0.15, -0.1) is 0 Å². The number of fused-ring (bicyclic) bond motifs is 1. The number of hydrogen-bond donors (Lipinski definition) is 1. The molecule has 8 heteroatoms. The van der Waals surface area contributed by atoms with Crippen molar-refractivity contribution < 1.29 is 13.6 Å². The molecule has 0 aliphatic rings. The Bertz CT molecular complexity index is 976. The first-order valence-corrected chi connectivity index (χ1v) is 6.96. The fraction of sp³-hybridized carbons (Fsp3) is 0.125. The van der Waals surface area contributed by atoms with Crippen molar-refractivity contribution in [3.63, 3.8) is 0 Å². The number of amides is 1. The molecule has 0 radical (unpaired) electrons. The van der Waals surface area contributed by atoms with Gasteiger partial charge in [0.05, 0.1) is 12.3 Å². The molecule has 2 aromatic heterocycles. The van der Waals surface area contributed by atoms with Crippen molar-refractivity contribution in [1.29, 1.82) is 5.26 Å². The van der Waals surface area contributed by atoms with Gasteiger partial charge in [-0.05, 0) is 19.1 Å². The first kappa shape index (κ1) is 15.6. The van der Waals surface area contributed by atoms with Gasteiger partial charge < -0.3 is 5.32 Å². The van der Waals surface area contributed by atoms with E-state index in [-0.39, 0.29) is 11.1 Å². The molecular formula is C16H11F2N5O. The van der Waals surface area contributed by atoms with Crippen LogP contribution in [0.1, 0.15) is 27.7 Å². The molecule has 0 spiro atoms. The Morgan fingerprint density at radius 3 is 2.88 bits per heavy atom. The van der Waals surface area contributed by atoms with Crippen molar-refractivity contribution in [1.82, 2.24) is 19.9 Å². The lowest BCUT2D eigenvalue weighted by atomic mass is 10.1. The Balaban J connectivity index is 1.92. The summed E-state index contributed by atoms with van der Waals surface area (Å²) in [5, 5.41) is 15.6. The van der Waals surface area contributed by atoms with E-state index in [2.05, 4.69) is 15.4 Å². The van der Waals surface area contributed by atoms with Crippen molar-refractivity contribution >= 4 is 11.6 Å². The smallest absolute Gasteiger partial charge is 0.258 e. The van der Waals surface area contributed by atoms with Gasteiger partial charge in [-0.2, -0.15) is 10.4 Å². The summed E-state index contributed by atoms with van der Waals surface area (Å²) in [5.41, 5.74) is 1.05. The number of carbonyl (C=O) groups excluding carboxylic acids is 1. The summed E-state index contributed by atoms with van der Waals surface area (Å²) < 4.78 is 28.2. The van der Waals surface area contributed by atoms with Crippen LogP contribution in [-0.4, -0.2) is 20.5 Å². The van der Waals surface area contributed by atoms with E-state index >= 15 is 0 Å². The molecule has 2 heterocycles. The molecule has 0 saturated carbocycles. The second-order valence-corrected chi connectivity index (χ2v) is 5.10. The molecule has 0 aliphatic heterocycles. The van der Waals surface area contributed by atoms with Crippen LogP contribution < -0.4 is 5.32 Å². The quantitative estimate of drug-likeness (QED) is 0.800. The minimum absolute atomic E-state index is 0.118. The maximum absolute atomic E-state index is 13.8. The first-order chi connectivity index (χ1) is 11.5. The van der Waals surface area contributed by atoms with Crippen LogP contribution in [-0.2, 0) is 0 Å². The van der Waals surface area contributed by atoms with Gasteiger partial charge in [-0.3, -0.25) is 4.79 Å². The molecule has 6 nitrogen and oxygen atoms in total. The van der Waals surface area contributed by atoms with Crippen molar-refractivity contribution in [2.45, 2.75) is 13.0 Å². The second kappa shape index (κ2) is 6.04. The van der Waals surface area contributed by atoms with E-state index in [0.29, 0.717) is 17.4 Å².